The highest BCUT2D eigenvalue weighted by molar-refractivity contribution is 5.16. The third kappa shape index (κ3) is 3.80. The van der Waals surface area contributed by atoms with Crippen molar-refractivity contribution in [3.8, 4) is 0 Å². The Balaban J connectivity index is 1.34. The van der Waals surface area contributed by atoms with Gasteiger partial charge in [-0.05, 0) is 43.2 Å². The van der Waals surface area contributed by atoms with Crippen LogP contribution in [0.4, 0.5) is 0 Å². The van der Waals surface area contributed by atoms with E-state index in [0.29, 0.717) is 12.0 Å². The minimum Gasteiger partial charge on any atom is -0.372 e. The Morgan fingerprint density at radius 2 is 2.00 bits per heavy atom. The average Bonchev–Trinajstić information content (AvgIpc) is 3.35. The summed E-state index contributed by atoms with van der Waals surface area (Å²) in [6.45, 7) is 1.91. The van der Waals surface area contributed by atoms with Crippen LogP contribution in [0.15, 0.2) is 42.6 Å². The predicted molar refractivity (Wildman–Crippen MR) is 99.3 cm³/mol. The topological polar surface area (TPSA) is 39.1 Å². The van der Waals surface area contributed by atoms with Crippen LogP contribution in [0, 0.1) is 11.8 Å². The summed E-state index contributed by atoms with van der Waals surface area (Å²) in [5, 5.41) is 8.20. The summed E-state index contributed by atoms with van der Waals surface area (Å²) >= 11 is 0. The van der Waals surface area contributed by atoms with Crippen molar-refractivity contribution in [3.05, 3.63) is 53.9 Å². The monoisotopic (exact) mass is 339 g/mol. The summed E-state index contributed by atoms with van der Waals surface area (Å²) in [5.41, 5.74) is 2.68. The van der Waals surface area contributed by atoms with E-state index >= 15 is 0 Å². The number of aryl methyl sites for hydroxylation is 1. The van der Waals surface area contributed by atoms with Gasteiger partial charge in [-0.1, -0.05) is 36.8 Å². The number of hydrogen-bond donors (Lipinski definition) is 1. The van der Waals surface area contributed by atoms with Crippen LogP contribution in [0.5, 0.6) is 0 Å². The van der Waals surface area contributed by atoms with E-state index in [9.17, 15) is 0 Å². The molecule has 0 spiro atoms. The molecule has 4 rings (SSSR count). The maximum atomic E-state index is 6.03. The van der Waals surface area contributed by atoms with Crippen molar-refractivity contribution < 1.29 is 4.74 Å². The van der Waals surface area contributed by atoms with Gasteiger partial charge in [-0.15, -0.1) is 0 Å². The SMILES string of the molecule is Cn1nccc1[C@@H]1OCC[C@H]1CN[C@@H]1CCC[C@@H]1Cc1ccccc1. The first-order chi connectivity index (χ1) is 12.3. The van der Waals surface area contributed by atoms with E-state index in [1.807, 2.05) is 17.9 Å². The van der Waals surface area contributed by atoms with Gasteiger partial charge < -0.3 is 10.1 Å². The molecule has 25 heavy (non-hydrogen) atoms. The first kappa shape index (κ1) is 16.8. The molecule has 1 N–H and O–H groups in total. The van der Waals surface area contributed by atoms with Crippen LogP contribution >= 0.6 is 0 Å². The van der Waals surface area contributed by atoms with E-state index in [1.165, 1.54) is 36.9 Å². The Labute approximate surface area is 150 Å². The molecule has 0 amide bonds. The van der Waals surface area contributed by atoms with Gasteiger partial charge in [0.25, 0.3) is 0 Å². The van der Waals surface area contributed by atoms with E-state index in [2.05, 4.69) is 46.8 Å². The lowest BCUT2D eigenvalue weighted by atomic mass is 9.93. The maximum Gasteiger partial charge on any atom is 0.103 e. The second kappa shape index (κ2) is 7.71. The molecule has 2 heterocycles. The molecule has 1 saturated heterocycles. The Morgan fingerprint density at radius 3 is 2.80 bits per heavy atom. The molecular formula is C21H29N3O. The number of nitrogens with zero attached hydrogens (tertiary/aromatic N) is 2. The van der Waals surface area contributed by atoms with Gasteiger partial charge in [0.05, 0.1) is 5.69 Å². The van der Waals surface area contributed by atoms with Gasteiger partial charge in [0.2, 0.25) is 0 Å². The molecule has 134 valence electrons. The van der Waals surface area contributed by atoms with Gasteiger partial charge in [0.1, 0.15) is 6.10 Å². The average molecular weight is 339 g/mol. The Bertz CT molecular complexity index is 669. The van der Waals surface area contributed by atoms with Gasteiger partial charge in [-0.2, -0.15) is 5.10 Å². The molecule has 4 heteroatoms. The molecule has 0 unspecified atom stereocenters. The fourth-order valence-corrected chi connectivity index (χ4v) is 4.60. The number of benzene rings is 1. The summed E-state index contributed by atoms with van der Waals surface area (Å²) in [4.78, 5) is 0. The zero-order valence-electron chi connectivity index (χ0n) is 15.1. The van der Waals surface area contributed by atoms with Gasteiger partial charge in [-0.3, -0.25) is 4.68 Å². The summed E-state index contributed by atoms with van der Waals surface area (Å²) in [5.74, 6) is 1.31. The molecule has 2 fully saturated rings. The van der Waals surface area contributed by atoms with Gasteiger partial charge in [0.15, 0.2) is 0 Å². The highest BCUT2D eigenvalue weighted by Gasteiger charge is 2.33. The fourth-order valence-electron chi connectivity index (χ4n) is 4.60. The van der Waals surface area contributed by atoms with Crippen molar-refractivity contribution in [2.75, 3.05) is 13.2 Å². The van der Waals surface area contributed by atoms with E-state index in [4.69, 9.17) is 4.74 Å². The molecule has 1 aliphatic heterocycles. The lowest BCUT2D eigenvalue weighted by molar-refractivity contribution is 0.0827. The third-order valence-corrected chi connectivity index (χ3v) is 6.01. The normalized spacial score (nSPS) is 29.3. The molecule has 1 saturated carbocycles. The molecule has 0 bridgehead atoms. The largest absolute Gasteiger partial charge is 0.372 e. The van der Waals surface area contributed by atoms with Crippen LogP contribution < -0.4 is 5.32 Å². The third-order valence-electron chi connectivity index (χ3n) is 6.01. The molecular weight excluding hydrogens is 310 g/mol. The van der Waals surface area contributed by atoms with Crippen LogP contribution in [0.2, 0.25) is 0 Å². The smallest absolute Gasteiger partial charge is 0.103 e. The minimum atomic E-state index is 0.189. The van der Waals surface area contributed by atoms with Crippen molar-refractivity contribution in [3.63, 3.8) is 0 Å². The fraction of sp³-hybridized carbons (Fsp3) is 0.571. The molecule has 1 aliphatic carbocycles. The first-order valence-electron chi connectivity index (χ1n) is 9.68. The number of rotatable bonds is 6. The predicted octanol–water partition coefficient (Wildman–Crippen LogP) is 3.50. The highest BCUT2D eigenvalue weighted by atomic mass is 16.5. The van der Waals surface area contributed by atoms with Gasteiger partial charge in [-0.25, -0.2) is 0 Å². The Kier molecular flexibility index (Phi) is 5.18. The van der Waals surface area contributed by atoms with E-state index in [0.717, 1.165) is 25.5 Å². The van der Waals surface area contributed by atoms with Crippen molar-refractivity contribution in [2.45, 2.75) is 44.2 Å². The second-order valence-electron chi connectivity index (χ2n) is 7.62. The van der Waals surface area contributed by atoms with E-state index in [1.54, 1.807) is 0 Å². The summed E-state index contributed by atoms with van der Waals surface area (Å²) < 4.78 is 7.98. The van der Waals surface area contributed by atoms with Crippen LogP contribution in [-0.4, -0.2) is 29.0 Å². The van der Waals surface area contributed by atoms with Gasteiger partial charge in [0, 0.05) is 38.4 Å². The van der Waals surface area contributed by atoms with E-state index < -0.39 is 0 Å². The lowest BCUT2D eigenvalue weighted by Crippen LogP contribution is -2.37. The molecule has 4 atom stereocenters. The van der Waals surface area contributed by atoms with Crippen molar-refractivity contribution >= 4 is 0 Å². The summed E-state index contributed by atoms with van der Waals surface area (Å²) in [6, 6.07) is 13.7. The second-order valence-corrected chi connectivity index (χ2v) is 7.62. The maximum absolute atomic E-state index is 6.03. The van der Waals surface area contributed by atoms with Crippen LogP contribution in [0.1, 0.15) is 43.0 Å². The minimum absolute atomic E-state index is 0.189. The zero-order chi connectivity index (χ0) is 17.1. The lowest BCUT2D eigenvalue weighted by Gasteiger charge is -2.25. The Morgan fingerprint density at radius 1 is 1.12 bits per heavy atom. The van der Waals surface area contributed by atoms with Crippen LogP contribution in [-0.2, 0) is 18.2 Å². The summed E-state index contributed by atoms with van der Waals surface area (Å²) in [7, 11) is 2.01. The molecule has 0 radical (unpaired) electrons. The number of aromatic nitrogens is 2. The van der Waals surface area contributed by atoms with E-state index in [-0.39, 0.29) is 6.10 Å². The standard InChI is InChI=1S/C21H29N3O/c1-24-20(10-12-23-24)21-18(11-13-25-21)15-22-19-9-5-8-17(19)14-16-6-3-2-4-7-16/h2-4,6-7,10,12,17-19,21-22H,5,8-9,11,13-15H2,1H3/t17-,18+,19-,21-/m1/s1. The van der Waals surface area contributed by atoms with Crippen LogP contribution in [0.3, 0.4) is 0 Å². The van der Waals surface area contributed by atoms with Crippen LogP contribution in [0.25, 0.3) is 0 Å². The number of nitrogens with one attached hydrogen (secondary N) is 1. The summed E-state index contributed by atoms with van der Waals surface area (Å²) in [6.07, 6.45) is 8.40. The highest BCUT2D eigenvalue weighted by Crippen LogP contribution is 2.35. The number of hydrogen-bond acceptors (Lipinski definition) is 3. The first-order valence-corrected chi connectivity index (χ1v) is 9.68. The quantitative estimate of drug-likeness (QED) is 0.875. The molecule has 2 aromatic rings. The van der Waals surface area contributed by atoms with Gasteiger partial charge >= 0.3 is 0 Å². The zero-order valence-corrected chi connectivity index (χ0v) is 15.1. The Hall–Kier alpha value is -1.65. The van der Waals surface area contributed by atoms with Crippen molar-refractivity contribution in [1.29, 1.82) is 0 Å². The molecule has 1 aromatic carbocycles. The molecule has 1 aromatic heterocycles. The van der Waals surface area contributed by atoms with Crippen molar-refractivity contribution in [1.82, 2.24) is 15.1 Å². The molecule has 4 nitrogen and oxygen atoms in total. The number of ether oxygens (including phenoxy) is 1. The molecule has 2 aliphatic rings. The van der Waals surface area contributed by atoms with Crippen molar-refractivity contribution in [2.24, 2.45) is 18.9 Å².